The van der Waals surface area contributed by atoms with Gasteiger partial charge in [0.25, 0.3) is 5.91 Å². The number of rotatable bonds is 4. The Bertz CT molecular complexity index is 1010. The molecule has 2 N–H and O–H groups in total. The molecule has 0 aliphatic carbocycles. The number of carbonyl (C=O) groups is 3. The molecular weight excluding hydrogens is 438 g/mol. The van der Waals surface area contributed by atoms with E-state index in [4.69, 9.17) is 11.6 Å². The summed E-state index contributed by atoms with van der Waals surface area (Å²) in [6.45, 7) is 1.26. The Hall–Kier alpha value is -2.58. The van der Waals surface area contributed by atoms with Gasteiger partial charge in [-0.15, -0.1) is 11.3 Å². The first-order valence-electron chi connectivity index (χ1n) is 10.4. The minimum absolute atomic E-state index is 0.0830. The third kappa shape index (κ3) is 4.55. The minimum atomic E-state index is -0.990. The molecular formula is C22H24ClN3O4S. The largest absolute Gasteiger partial charge is 0.480 e. The van der Waals surface area contributed by atoms with E-state index < -0.39 is 18.0 Å². The van der Waals surface area contributed by atoms with Crippen LogP contribution in [0.25, 0.3) is 0 Å². The number of urea groups is 1. The second-order valence-electron chi connectivity index (χ2n) is 7.80. The SMILES string of the molecule is O=C(O)C1CCCN1C(=O)NCc1ccc(C(=O)N2CCCCc3sccc32)cc1Cl. The van der Waals surface area contributed by atoms with Gasteiger partial charge in [0.15, 0.2) is 0 Å². The van der Waals surface area contributed by atoms with E-state index >= 15 is 0 Å². The van der Waals surface area contributed by atoms with Crippen molar-refractivity contribution in [2.45, 2.75) is 44.7 Å². The van der Waals surface area contributed by atoms with Crippen LogP contribution in [0.15, 0.2) is 29.6 Å². The van der Waals surface area contributed by atoms with Crippen molar-refractivity contribution < 1.29 is 19.5 Å². The van der Waals surface area contributed by atoms with Crippen LogP contribution in [0.5, 0.6) is 0 Å². The van der Waals surface area contributed by atoms with Crippen molar-refractivity contribution >= 4 is 46.5 Å². The van der Waals surface area contributed by atoms with Crippen LogP contribution in [-0.2, 0) is 17.8 Å². The van der Waals surface area contributed by atoms with Gasteiger partial charge < -0.3 is 20.2 Å². The Kier molecular flexibility index (Phi) is 6.48. The molecule has 31 heavy (non-hydrogen) atoms. The zero-order valence-electron chi connectivity index (χ0n) is 17.0. The van der Waals surface area contributed by atoms with Crippen molar-refractivity contribution in [1.29, 1.82) is 0 Å². The maximum Gasteiger partial charge on any atom is 0.326 e. The molecule has 1 atom stereocenters. The van der Waals surface area contributed by atoms with Gasteiger partial charge in [0.1, 0.15) is 6.04 Å². The quantitative estimate of drug-likeness (QED) is 0.715. The molecule has 0 bridgehead atoms. The second kappa shape index (κ2) is 9.28. The molecule has 2 aliphatic rings. The lowest BCUT2D eigenvalue weighted by Gasteiger charge is -2.22. The molecule has 3 amide bonds. The van der Waals surface area contributed by atoms with Gasteiger partial charge in [-0.05, 0) is 61.2 Å². The maximum absolute atomic E-state index is 13.2. The molecule has 4 rings (SSSR count). The fourth-order valence-electron chi connectivity index (χ4n) is 4.17. The standard InChI is InChI=1S/C22H24ClN3O4S/c23-16-12-14(20(27)25-9-2-1-5-19-17(25)8-11-31-19)6-7-15(16)13-24-22(30)26-10-3-4-18(26)21(28)29/h6-8,11-12,18H,1-5,9-10,13H2,(H,24,30)(H,28,29). The predicted molar refractivity (Wildman–Crippen MR) is 120 cm³/mol. The molecule has 0 saturated carbocycles. The van der Waals surface area contributed by atoms with E-state index in [0.29, 0.717) is 42.1 Å². The molecule has 1 aromatic heterocycles. The molecule has 2 aromatic rings. The number of halogens is 1. The summed E-state index contributed by atoms with van der Waals surface area (Å²) in [6, 6.07) is 5.89. The highest BCUT2D eigenvalue weighted by atomic mass is 35.5. The first-order valence-corrected chi connectivity index (χ1v) is 11.7. The third-order valence-electron chi connectivity index (χ3n) is 5.82. The van der Waals surface area contributed by atoms with Crippen molar-refractivity contribution in [2.24, 2.45) is 0 Å². The van der Waals surface area contributed by atoms with Gasteiger partial charge in [-0.3, -0.25) is 4.79 Å². The highest BCUT2D eigenvalue weighted by Gasteiger charge is 2.33. The summed E-state index contributed by atoms with van der Waals surface area (Å²) in [5.74, 6) is -1.07. The van der Waals surface area contributed by atoms with Crippen molar-refractivity contribution in [3.63, 3.8) is 0 Å². The van der Waals surface area contributed by atoms with E-state index in [0.717, 1.165) is 24.9 Å². The van der Waals surface area contributed by atoms with Gasteiger partial charge >= 0.3 is 12.0 Å². The molecule has 7 nitrogen and oxygen atoms in total. The van der Waals surface area contributed by atoms with Gasteiger partial charge in [-0.1, -0.05) is 17.7 Å². The highest BCUT2D eigenvalue weighted by molar-refractivity contribution is 7.10. The lowest BCUT2D eigenvalue weighted by molar-refractivity contribution is -0.141. The summed E-state index contributed by atoms with van der Waals surface area (Å²) >= 11 is 8.10. The van der Waals surface area contributed by atoms with E-state index in [1.54, 1.807) is 29.5 Å². The van der Waals surface area contributed by atoms with Crippen LogP contribution in [0.4, 0.5) is 10.5 Å². The number of likely N-dealkylation sites (tertiary alicyclic amines) is 1. The number of carbonyl (C=O) groups excluding carboxylic acids is 2. The molecule has 9 heteroatoms. The fraction of sp³-hybridized carbons (Fsp3) is 0.409. The van der Waals surface area contributed by atoms with Crippen molar-refractivity contribution in [1.82, 2.24) is 10.2 Å². The van der Waals surface area contributed by atoms with Gasteiger partial charge in [0, 0.05) is 35.1 Å². The molecule has 0 radical (unpaired) electrons. The number of aliphatic carboxylic acids is 1. The Labute approximate surface area is 189 Å². The minimum Gasteiger partial charge on any atom is -0.480 e. The summed E-state index contributed by atoms with van der Waals surface area (Å²) in [5.41, 5.74) is 2.16. The van der Waals surface area contributed by atoms with Crippen molar-refractivity contribution in [2.75, 3.05) is 18.0 Å². The van der Waals surface area contributed by atoms with Crippen molar-refractivity contribution in [3.05, 3.63) is 50.7 Å². The molecule has 1 saturated heterocycles. The number of fused-ring (bicyclic) bond motifs is 1. The summed E-state index contributed by atoms with van der Waals surface area (Å²) in [4.78, 5) is 41.2. The second-order valence-corrected chi connectivity index (χ2v) is 9.21. The van der Waals surface area contributed by atoms with Crippen LogP contribution in [0.2, 0.25) is 5.02 Å². The summed E-state index contributed by atoms with van der Waals surface area (Å²) < 4.78 is 0. The molecule has 2 aliphatic heterocycles. The Balaban J connectivity index is 1.43. The van der Waals surface area contributed by atoms with Crippen LogP contribution in [0.3, 0.4) is 0 Å². The van der Waals surface area contributed by atoms with Crippen molar-refractivity contribution in [3.8, 4) is 0 Å². The van der Waals surface area contributed by atoms with Gasteiger partial charge in [-0.25, -0.2) is 9.59 Å². The first-order chi connectivity index (χ1) is 15.0. The van der Waals surface area contributed by atoms with E-state index in [2.05, 4.69) is 5.32 Å². The molecule has 1 aromatic carbocycles. The average Bonchev–Trinajstić information content (AvgIpc) is 3.38. The number of anilines is 1. The Morgan fingerprint density at radius 3 is 2.77 bits per heavy atom. The van der Waals surface area contributed by atoms with Crippen LogP contribution in [-0.4, -0.2) is 47.0 Å². The third-order valence-corrected chi connectivity index (χ3v) is 7.14. The number of carboxylic acid groups (broad SMARTS) is 1. The van der Waals surface area contributed by atoms with E-state index in [1.807, 2.05) is 16.3 Å². The van der Waals surface area contributed by atoms with Gasteiger partial charge in [0.05, 0.1) is 5.69 Å². The lowest BCUT2D eigenvalue weighted by atomic mass is 10.1. The van der Waals surface area contributed by atoms with Crippen LogP contribution >= 0.6 is 22.9 Å². The monoisotopic (exact) mass is 461 g/mol. The van der Waals surface area contributed by atoms with E-state index in [9.17, 15) is 19.5 Å². The van der Waals surface area contributed by atoms with Crippen LogP contribution < -0.4 is 10.2 Å². The predicted octanol–water partition coefficient (Wildman–Crippen LogP) is 4.14. The summed E-state index contributed by atoms with van der Waals surface area (Å²) in [6.07, 6.45) is 4.15. The molecule has 3 heterocycles. The zero-order valence-corrected chi connectivity index (χ0v) is 18.5. The Morgan fingerprint density at radius 2 is 2.00 bits per heavy atom. The Morgan fingerprint density at radius 1 is 1.16 bits per heavy atom. The number of nitrogens with zero attached hydrogens (tertiary/aromatic N) is 2. The van der Waals surface area contributed by atoms with Gasteiger partial charge in [0.2, 0.25) is 0 Å². The zero-order chi connectivity index (χ0) is 22.0. The molecule has 164 valence electrons. The van der Waals surface area contributed by atoms with E-state index in [-0.39, 0.29) is 12.5 Å². The maximum atomic E-state index is 13.2. The number of hydrogen-bond donors (Lipinski definition) is 2. The van der Waals surface area contributed by atoms with E-state index in [1.165, 1.54) is 9.78 Å². The normalized spacial score (nSPS) is 18.4. The lowest BCUT2D eigenvalue weighted by Crippen LogP contribution is -2.45. The van der Waals surface area contributed by atoms with Gasteiger partial charge in [-0.2, -0.15) is 0 Å². The summed E-state index contributed by atoms with van der Waals surface area (Å²) in [5, 5.41) is 14.4. The number of aryl methyl sites for hydroxylation is 1. The highest BCUT2D eigenvalue weighted by Crippen LogP contribution is 2.32. The fourth-order valence-corrected chi connectivity index (χ4v) is 5.34. The molecule has 1 unspecified atom stereocenters. The number of hydrogen-bond acceptors (Lipinski definition) is 4. The molecule has 0 spiro atoms. The topological polar surface area (TPSA) is 90.0 Å². The summed E-state index contributed by atoms with van der Waals surface area (Å²) in [7, 11) is 0. The smallest absolute Gasteiger partial charge is 0.326 e. The number of carboxylic acids is 1. The number of thiophene rings is 1. The number of nitrogens with one attached hydrogen (secondary N) is 1. The number of amides is 3. The van der Waals surface area contributed by atoms with Crippen LogP contribution in [0, 0.1) is 0 Å². The molecule has 1 fully saturated rings. The number of benzene rings is 1. The van der Waals surface area contributed by atoms with Crippen LogP contribution in [0.1, 0.15) is 46.5 Å². The first kappa shape index (κ1) is 21.6. The average molecular weight is 462 g/mol.